The van der Waals surface area contributed by atoms with Crippen LogP contribution < -0.4 is 4.74 Å². The van der Waals surface area contributed by atoms with Crippen LogP contribution in [-0.4, -0.2) is 20.2 Å². The number of benzene rings is 1. The van der Waals surface area contributed by atoms with Crippen molar-refractivity contribution in [1.29, 1.82) is 0 Å². The molecule has 0 saturated carbocycles. The van der Waals surface area contributed by atoms with Gasteiger partial charge in [0.15, 0.2) is 6.61 Å². The van der Waals surface area contributed by atoms with Crippen LogP contribution in [-0.2, 0) is 19.0 Å². The quantitative estimate of drug-likeness (QED) is 0.771. The van der Waals surface area contributed by atoms with E-state index in [1.807, 2.05) is 19.1 Å². The lowest BCUT2D eigenvalue weighted by Crippen LogP contribution is -2.02. The lowest BCUT2D eigenvalue weighted by molar-refractivity contribution is 0.291. The Labute approximate surface area is 122 Å². The van der Waals surface area contributed by atoms with E-state index in [9.17, 15) is 0 Å². The van der Waals surface area contributed by atoms with Crippen LogP contribution in [0.4, 0.5) is 0 Å². The average Bonchev–Trinajstić information content (AvgIpc) is 2.73. The summed E-state index contributed by atoms with van der Waals surface area (Å²) in [5.74, 6) is 1.43. The topological polar surface area (TPSA) is 52.8 Å². The van der Waals surface area contributed by atoms with Crippen LogP contribution in [0, 0.1) is 6.92 Å². The molecule has 0 aliphatic rings. The van der Waals surface area contributed by atoms with Gasteiger partial charge in [0.05, 0.1) is 7.05 Å². The molecule has 0 amide bonds. The summed E-state index contributed by atoms with van der Waals surface area (Å²) in [6.07, 6.45) is 0. The molecule has 1 aromatic carbocycles. The second-order valence-electron chi connectivity index (χ2n) is 3.83. The van der Waals surface area contributed by atoms with Gasteiger partial charge in [-0.05, 0) is 29.8 Å². The Morgan fingerprint density at radius 2 is 2.17 bits per heavy atom. The molecule has 0 aliphatic carbocycles. The molecule has 0 fully saturated rings. The Morgan fingerprint density at radius 1 is 1.39 bits per heavy atom. The first-order valence-electron chi connectivity index (χ1n) is 5.31. The highest BCUT2D eigenvalue weighted by atomic mass is 79.9. The smallest absolute Gasteiger partial charge is 0.212 e. The Kier molecular flexibility index (Phi) is 4.34. The predicted octanol–water partition coefficient (Wildman–Crippen LogP) is 2.75. The van der Waals surface area contributed by atoms with Gasteiger partial charge in [0.1, 0.15) is 5.75 Å². The van der Waals surface area contributed by atoms with Gasteiger partial charge in [-0.25, -0.2) is 0 Å². The molecule has 1 heterocycles. The normalized spacial score (nSPS) is 10.7. The molecule has 2 aromatic rings. The van der Waals surface area contributed by atoms with Gasteiger partial charge in [-0.2, -0.15) is 4.80 Å². The summed E-state index contributed by atoms with van der Waals surface area (Å²) in [7, 11) is 1.73. The highest BCUT2D eigenvalue weighted by Gasteiger charge is 2.10. The standard InChI is InChI=1S/C11H12Br2N4O/c1-7-3-9(13)4-8(5-12)11(7)18-6-10-14-16-17(2)15-10/h3-4H,5-6H2,1-2H3. The minimum atomic E-state index is 0.316. The first-order chi connectivity index (χ1) is 8.60. The fraction of sp³-hybridized carbons (Fsp3) is 0.364. The fourth-order valence-corrected chi connectivity index (χ4v) is 2.66. The maximum Gasteiger partial charge on any atom is 0.212 e. The van der Waals surface area contributed by atoms with E-state index in [4.69, 9.17) is 4.74 Å². The summed E-state index contributed by atoms with van der Waals surface area (Å²) in [5.41, 5.74) is 2.16. The zero-order chi connectivity index (χ0) is 13.1. The molecule has 1 aromatic heterocycles. The largest absolute Gasteiger partial charge is 0.485 e. The second kappa shape index (κ2) is 5.79. The van der Waals surface area contributed by atoms with Crippen LogP contribution >= 0.6 is 31.9 Å². The lowest BCUT2D eigenvalue weighted by atomic mass is 10.1. The van der Waals surface area contributed by atoms with Crippen molar-refractivity contribution in [3.8, 4) is 5.75 Å². The van der Waals surface area contributed by atoms with E-state index in [0.29, 0.717) is 12.4 Å². The van der Waals surface area contributed by atoms with E-state index in [-0.39, 0.29) is 0 Å². The lowest BCUT2D eigenvalue weighted by Gasteiger charge is -2.12. The summed E-state index contributed by atoms with van der Waals surface area (Å²) >= 11 is 6.93. The van der Waals surface area contributed by atoms with E-state index in [0.717, 1.165) is 26.7 Å². The number of alkyl halides is 1. The molecule has 0 unspecified atom stereocenters. The number of rotatable bonds is 4. The molecule has 0 aliphatic heterocycles. The Morgan fingerprint density at radius 3 is 2.78 bits per heavy atom. The summed E-state index contributed by atoms with van der Waals surface area (Å²) in [5, 5.41) is 12.5. The molecule has 0 atom stereocenters. The Balaban J connectivity index is 2.18. The molecule has 7 heteroatoms. The van der Waals surface area contributed by atoms with Crippen molar-refractivity contribution in [1.82, 2.24) is 20.2 Å². The molecular formula is C11H12Br2N4O. The third-order valence-corrected chi connectivity index (χ3v) is 3.42. The maximum atomic E-state index is 5.78. The van der Waals surface area contributed by atoms with E-state index in [1.54, 1.807) is 7.05 Å². The zero-order valence-corrected chi connectivity index (χ0v) is 13.2. The van der Waals surface area contributed by atoms with Crippen LogP contribution in [0.5, 0.6) is 5.75 Å². The highest BCUT2D eigenvalue weighted by molar-refractivity contribution is 9.10. The summed E-state index contributed by atoms with van der Waals surface area (Å²) in [4.78, 5) is 1.42. The average molecular weight is 376 g/mol. The predicted molar refractivity (Wildman–Crippen MR) is 74.6 cm³/mol. The maximum absolute atomic E-state index is 5.78. The van der Waals surface area contributed by atoms with Crippen molar-refractivity contribution in [3.05, 3.63) is 33.6 Å². The number of tetrazole rings is 1. The number of hydrogen-bond acceptors (Lipinski definition) is 4. The van der Waals surface area contributed by atoms with Crippen molar-refractivity contribution in [3.63, 3.8) is 0 Å². The molecular weight excluding hydrogens is 364 g/mol. The third-order valence-electron chi connectivity index (χ3n) is 2.36. The second-order valence-corrected chi connectivity index (χ2v) is 5.30. The van der Waals surface area contributed by atoms with Crippen LogP contribution in [0.3, 0.4) is 0 Å². The van der Waals surface area contributed by atoms with Gasteiger partial charge in [-0.3, -0.25) is 0 Å². The van der Waals surface area contributed by atoms with Crippen molar-refractivity contribution in [2.24, 2.45) is 7.05 Å². The molecule has 2 rings (SSSR count). The number of hydrogen-bond donors (Lipinski definition) is 0. The van der Waals surface area contributed by atoms with E-state index in [1.165, 1.54) is 4.80 Å². The van der Waals surface area contributed by atoms with Gasteiger partial charge in [-0.15, -0.1) is 10.2 Å². The minimum absolute atomic E-state index is 0.316. The third kappa shape index (κ3) is 3.08. The van der Waals surface area contributed by atoms with Crippen LogP contribution in [0.1, 0.15) is 17.0 Å². The van der Waals surface area contributed by atoms with Crippen molar-refractivity contribution in [2.45, 2.75) is 18.9 Å². The highest BCUT2D eigenvalue weighted by Crippen LogP contribution is 2.30. The van der Waals surface area contributed by atoms with Gasteiger partial charge in [-0.1, -0.05) is 31.9 Å². The Hall–Kier alpha value is -0.950. The van der Waals surface area contributed by atoms with Crippen molar-refractivity contribution in [2.75, 3.05) is 0 Å². The number of halogens is 2. The summed E-state index contributed by atoms with van der Waals surface area (Å²) in [6, 6.07) is 4.05. The Bertz CT molecular complexity index is 556. The fourth-order valence-electron chi connectivity index (χ4n) is 1.62. The molecule has 5 nitrogen and oxygen atoms in total. The van der Waals surface area contributed by atoms with Crippen molar-refractivity contribution >= 4 is 31.9 Å². The number of aryl methyl sites for hydroxylation is 2. The molecule has 96 valence electrons. The molecule has 0 bridgehead atoms. The molecule has 0 N–H and O–H groups in total. The van der Waals surface area contributed by atoms with Gasteiger partial charge >= 0.3 is 0 Å². The van der Waals surface area contributed by atoms with Crippen LogP contribution in [0.25, 0.3) is 0 Å². The number of ether oxygens (including phenoxy) is 1. The van der Waals surface area contributed by atoms with E-state index >= 15 is 0 Å². The van der Waals surface area contributed by atoms with E-state index < -0.39 is 0 Å². The summed E-state index contributed by atoms with van der Waals surface area (Å²) in [6.45, 7) is 2.33. The van der Waals surface area contributed by atoms with Gasteiger partial charge in [0.25, 0.3) is 0 Å². The molecule has 0 saturated heterocycles. The van der Waals surface area contributed by atoms with E-state index in [2.05, 4.69) is 47.3 Å². The summed E-state index contributed by atoms with van der Waals surface area (Å²) < 4.78 is 6.83. The molecule has 18 heavy (non-hydrogen) atoms. The van der Waals surface area contributed by atoms with Gasteiger partial charge < -0.3 is 4.74 Å². The zero-order valence-electron chi connectivity index (χ0n) is 10.0. The monoisotopic (exact) mass is 374 g/mol. The van der Waals surface area contributed by atoms with Crippen molar-refractivity contribution < 1.29 is 4.74 Å². The van der Waals surface area contributed by atoms with Gasteiger partial charge in [0, 0.05) is 15.4 Å². The first-order valence-corrected chi connectivity index (χ1v) is 7.22. The number of aromatic nitrogens is 4. The first kappa shape index (κ1) is 13.5. The SMILES string of the molecule is Cc1cc(Br)cc(CBr)c1OCc1nnn(C)n1. The van der Waals surface area contributed by atoms with Gasteiger partial charge in [0.2, 0.25) is 5.82 Å². The minimum Gasteiger partial charge on any atom is -0.485 e. The molecule has 0 radical (unpaired) electrons. The number of nitrogens with zero attached hydrogens (tertiary/aromatic N) is 4. The van der Waals surface area contributed by atoms with Crippen LogP contribution in [0.15, 0.2) is 16.6 Å². The van der Waals surface area contributed by atoms with Crippen LogP contribution in [0.2, 0.25) is 0 Å². The molecule has 0 spiro atoms.